The average Bonchev–Trinajstić information content (AvgIpc) is 2.89. The Bertz CT molecular complexity index is 527. The van der Waals surface area contributed by atoms with Gasteiger partial charge in [0.25, 0.3) is 0 Å². The summed E-state index contributed by atoms with van der Waals surface area (Å²) in [5.74, 6) is -1.09. The number of carbonyl (C=O) groups excluding carboxylic acids is 1. The number of rotatable bonds is 3. The minimum Gasteiger partial charge on any atom is -0.379 e. The van der Waals surface area contributed by atoms with Crippen LogP contribution in [0.1, 0.15) is 5.56 Å². The molecule has 1 aromatic rings. The van der Waals surface area contributed by atoms with E-state index in [4.69, 9.17) is 10.00 Å². The summed E-state index contributed by atoms with van der Waals surface area (Å²) in [5, 5.41) is 14.4. The molecule has 0 spiro atoms. The summed E-state index contributed by atoms with van der Waals surface area (Å²) in [5.41, 5.74) is 0.315. The molecule has 0 aliphatic carbocycles. The number of anilines is 1. The van der Waals surface area contributed by atoms with E-state index < -0.39 is 5.82 Å². The second kappa shape index (κ2) is 5.78. The van der Waals surface area contributed by atoms with Gasteiger partial charge in [-0.3, -0.25) is 4.79 Å². The molecule has 0 radical (unpaired) electrons. The summed E-state index contributed by atoms with van der Waals surface area (Å²) in [7, 11) is 1.77. The van der Waals surface area contributed by atoms with Crippen LogP contribution in [-0.2, 0) is 9.53 Å². The lowest BCUT2D eigenvalue weighted by Gasteiger charge is -2.16. The molecule has 5 nitrogen and oxygen atoms in total. The lowest BCUT2D eigenvalue weighted by molar-refractivity contribution is -0.120. The molecule has 1 aliphatic heterocycles. The number of benzene rings is 1. The van der Waals surface area contributed by atoms with E-state index in [-0.39, 0.29) is 23.4 Å². The SMILES string of the molecule is CNC1COCC1C(=O)Nc1ccc(F)c(C#N)c1. The number of ether oxygens (including phenoxy) is 1. The van der Waals surface area contributed by atoms with Crippen LogP contribution in [0.15, 0.2) is 18.2 Å². The van der Waals surface area contributed by atoms with Gasteiger partial charge in [-0.25, -0.2) is 4.39 Å². The smallest absolute Gasteiger partial charge is 0.231 e. The fourth-order valence-corrected chi connectivity index (χ4v) is 2.02. The summed E-state index contributed by atoms with van der Waals surface area (Å²) >= 11 is 0. The number of hydrogen-bond acceptors (Lipinski definition) is 4. The zero-order chi connectivity index (χ0) is 13.8. The van der Waals surface area contributed by atoms with Gasteiger partial charge in [-0.05, 0) is 25.2 Å². The van der Waals surface area contributed by atoms with Crippen LogP contribution in [-0.4, -0.2) is 32.2 Å². The normalized spacial score (nSPS) is 21.9. The van der Waals surface area contributed by atoms with Gasteiger partial charge in [0.1, 0.15) is 11.9 Å². The third kappa shape index (κ3) is 2.89. The number of nitriles is 1. The van der Waals surface area contributed by atoms with Gasteiger partial charge in [-0.1, -0.05) is 0 Å². The third-order valence-electron chi connectivity index (χ3n) is 3.14. The molecule has 100 valence electrons. The number of carbonyl (C=O) groups is 1. The van der Waals surface area contributed by atoms with Gasteiger partial charge < -0.3 is 15.4 Å². The monoisotopic (exact) mass is 263 g/mol. The van der Waals surface area contributed by atoms with E-state index in [2.05, 4.69) is 10.6 Å². The minimum atomic E-state index is -0.599. The zero-order valence-electron chi connectivity index (χ0n) is 10.4. The predicted molar refractivity (Wildman–Crippen MR) is 66.9 cm³/mol. The standard InChI is InChI=1S/C13H14FN3O2/c1-16-12-7-19-6-10(12)13(18)17-9-2-3-11(14)8(4-9)5-15/h2-4,10,12,16H,6-7H2,1H3,(H,17,18). The van der Waals surface area contributed by atoms with Crippen LogP contribution < -0.4 is 10.6 Å². The van der Waals surface area contributed by atoms with Crippen molar-refractivity contribution in [3.05, 3.63) is 29.6 Å². The molecule has 0 saturated carbocycles. The van der Waals surface area contributed by atoms with Gasteiger partial charge >= 0.3 is 0 Å². The molecule has 1 amide bonds. The fourth-order valence-electron chi connectivity index (χ4n) is 2.02. The maximum absolute atomic E-state index is 13.2. The Morgan fingerprint density at radius 1 is 1.53 bits per heavy atom. The van der Waals surface area contributed by atoms with Crippen molar-refractivity contribution < 1.29 is 13.9 Å². The highest BCUT2D eigenvalue weighted by Gasteiger charge is 2.32. The van der Waals surface area contributed by atoms with Crippen molar-refractivity contribution in [3.63, 3.8) is 0 Å². The molecule has 1 aliphatic rings. The lowest BCUT2D eigenvalue weighted by Crippen LogP contribution is -2.39. The van der Waals surface area contributed by atoms with Crippen molar-refractivity contribution in [3.8, 4) is 6.07 Å². The molecule has 1 aromatic carbocycles. The van der Waals surface area contributed by atoms with Crippen LogP contribution >= 0.6 is 0 Å². The van der Waals surface area contributed by atoms with Gasteiger partial charge in [0.2, 0.25) is 5.91 Å². The summed E-state index contributed by atoms with van der Waals surface area (Å²) in [6.07, 6.45) is 0. The first kappa shape index (κ1) is 13.5. The quantitative estimate of drug-likeness (QED) is 0.848. The Balaban J connectivity index is 2.09. The van der Waals surface area contributed by atoms with Crippen LogP contribution in [0.5, 0.6) is 0 Å². The van der Waals surface area contributed by atoms with Crippen LogP contribution in [0, 0.1) is 23.1 Å². The summed E-state index contributed by atoms with van der Waals surface area (Å²) < 4.78 is 18.4. The van der Waals surface area contributed by atoms with Crippen molar-refractivity contribution in [2.45, 2.75) is 6.04 Å². The first-order valence-corrected chi connectivity index (χ1v) is 5.91. The third-order valence-corrected chi connectivity index (χ3v) is 3.14. The van der Waals surface area contributed by atoms with Crippen molar-refractivity contribution in [2.24, 2.45) is 5.92 Å². The highest BCUT2D eigenvalue weighted by molar-refractivity contribution is 5.93. The molecule has 2 unspecified atom stereocenters. The first-order valence-electron chi connectivity index (χ1n) is 5.91. The largest absolute Gasteiger partial charge is 0.379 e. The number of likely N-dealkylation sites (N-methyl/N-ethyl adjacent to an activating group) is 1. The fraction of sp³-hybridized carbons (Fsp3) is 0.385. The topological polar surface area (TPSA) is 74.2 Å². The van der Waals surface area contributed by atoms with Gasteiger partial charge in [0.15, 0.2) is 0 Å². The Morgan fingerprint density at radius 2 is 2.32 bits per heavy atom. The molecule has 0 aromatic heterocycles. The highest BCUT2D eigenvalue weighted by atomic mass is 19.1. The summed E-state index contributed by atoms with van der Waals surface area (Å²) in [6, 6.07) is 5.61. The second-order valence-electron chi connectivity index (χ2n) is 4.33. The predicted octanol–water partition coefficient (Wildman–Crippen LogP) is 0.870. The second-order valence-corrected chi connectivity index (χ2v) is 4.33. The average molecular weight is 263 g/mol. The summed E-state index contributed by atoms with van der Waals surface area (Å²) in [6.45, 7) is 0.838. The summed E-state index contributed by atoms with van der Waals surface area (Å²) in [4.78, 5) is 12.1. The Morgan fingerprint density at radius 3 is 3.00 bits per heavy atom. The number of halogens is 1. The zero-order valence-corrected chi connectivity index (χ0v) is 10.4. The van der Waals surface area contributed by atoms with Gasteiger partial charge in [0.05, 0.1) is 24.7 Å². The van der Waals surface area contributed by atoms with Gasteiger partial charge in [-0.15, -0.1) is 0 Å². The molecule has 0 bridgehead atoms. The molecule has 1 fully saturated rings. The number of nitrogens with one attached hydrogen (secondary N) is 2. The van der Waals surface area contributed by atoms with E-state index >= 15 is 0 Å². The number of amides is 1. The molecular formula is C13H14FN3O2. The number of nitrogens with zero attached hydrogens (tertiary/aromatic N) is 1. The Kier molecular flexibility index (Phi) is 4.10. The van der Waals surface area contributed by atoms with Crippen LogP contribution in [0.25, 0.3) is 0 Å². The molecule has 6 heteroatoms. The van der Waals surface area contributed by atoms with Gasteiger partial charge in [0, 0.05) is 11.7 Å². The van der Waals surface area contributed by atoms with E-state index in [0.29, 0.717) is 18.9 Å². The van der Waals surface area contributed by atoms with Crippen molar-refractivity contribution in [1.82, 2.24) is 5.32 Å². The molecule has 1 heterocycles. The van der Waals surface area contributed by atoms with E-state index in [0.717, 1.165) is 6.07 Å². The van der Waals surface area contributed by atoms with E-state index in [1.807, 2.05) is 0 Å². The van der Waals surface area contributed by atoms with Gasteiger partial charge in [-0.2, -0.15) is 5.26 Å². The molecule has 2 rings (SSSR count). The molecule has 1 saturated heterocycles. The molecule has 2 atom stereocenters. The molecule has 19 heavy (non-hydrogen) atoms. The maximum Gasteiger partial charge on any atom is 0.231 e. The Labute approximate surface area is 110 Å². The lowest BCUT2D eigenvalue weighted by atomic mass is 10.0. The first-order chi connectivity index (χ1) is 9.15. The van der Waals surface area contributed by atoms with Crippen LogP contribution in [0.2, 0.25) is 0 Å². The number of hydrogen-bond donors (Lipinski definition) is 2. The molecular weight excluding hydrogens is 249 g/mol. The minimum absolute atomic E-state index is 0.0316. The Hall–Kier alpha value is -1.97. The van der Waals surface area contributed by atoms with Crippen LogP contribution in [0.4, 0.5) is 10.1 Å². The van der Waals surface area contributed by atoms with Crippen molar-refractivity contribution in [2.75, 3.05) is 25.6 Å². The highest BCUT2D eigenvalue weighted by Crippen LogP contribution is 2.18. The van der Waals surface area contributed by atoms with E-state index in [9.17, 15) is 9.18 Å². The van der Waals surface area contributed by atoms with E-state index in [1.54, 1.807) is 13.1 Å². The van der Waals surface area contributed by atoms with E-state index in [1.165, 1.54) is 12.1 Å². The van der Waals surface area contributed by atoms with Crippen molar-refractivity contribution >= 4 is 11.6 Å². The van der Waals surface area contributed by atoms with Crippen LogP contribution in [0.3, 0.4) is 0 Å². The van der Waals surface area contributed by atoms with Crippen molar-refractivity contribution in [1.29, 1.82) is 5.26 Å². The maximum atomic E-state index is 13.2. The molecule has 2 N–H and O–H groups in total.